The summed E-state index contributed by atoms with van der Waals surface area (Å²) in [6.45, 7) is 4.51. The smallest absolute Gasteiger partial charge is 0.00243 e. The van der Waals surface area contributed by atoms with Crippen molar-refractivity contribution in [3.05, 3.63) is 89.0 Å². The van der Waals surface area contributed by atoms with Gasteiger partial charge in [-0.2, -0.15) is 0 Å². The van der Waals surface area contributed by atoms with Gasteiger partial charge in [-0.1, -0.05) is 73.7 Å². The van der Waals surface area contributed by atoms with Crippen molar-refractivity contribution < 1.29 is 0 Å². The lowest BCUT2D eigenvalue weighted by Gasteiger charge is -2.21. The predicted molar refractivity (Wildman–Crippen MR) is 96.0 cm³/mol. The molecule has 0 amide bonds. The normalized spacial score (nSPS) is 20.0. The van der Waals surface area contributed by atoms with Crippen LogP contribution in [0.4, 0.5) is 0 Å². The Morgan fingerprint density at radius 3 is 2.41 bits per heavy atom. The average Bonchev–Trinajstić information content (AvgIpc) is 2.62. The molecule has 1 aliphatic carbocycles. The summed E-state index contributed by atoms with van der Waals surface area (Å²) >= 11 is 0. The van der Waals surface area contributed by atoms with Crippen LogP contribution in [0.5, 0.6) is 0 Å². The maximum Gasteiger partial charge on any atom is 0.00243 e. The average molecular weight is 288 g/mol. The van der Waals surface area contributed by atoms with E-state index in [0.717, 1.165) is 6.42 Å². The highest BCUT2D eigenvalue weighted by Gasteiger charge is 2.15. The summed E-state index contributed by atoms with van der Waals surface area (Å²) in [6, 6.07) is 19.6. The third-order valence-electron chi connectivity index (χ3n) is 4.77. The van der Waals surface area contributed by atoms with E-state index >= 15 is 0 Å². The van der Waals surface area contributed by atoms with Crippen molar-refractivity contribution in [2.75, 3.05) is 0 Å². The van der Waals surface area contributed by atoms with Crippen LogP contribution in [-0.4, -0.2) is 0 Å². The molecular formula is C22H24. The van der Waals surface area contributed by atoms with E-state index in [1.807, 2.05) is 0 Å². The van der Waals surface area contributed by atoms with E-state index in [-0.39, 0.29) is 0 Å². The standard InChI is InChI=1S/C22H24/c1-3-18-9-7-8-12-22(18)17(2)19-13-15-21(16-14-19)20-10-5-4-6-11-20/h4-13,15,21H,3,14,16H2,1-2H3/b19-17-. The third-order valence-corrected chi connectivity index (χ3v) is 4.77. The van der Waals surface area contributed by atoms with E-state index in [2.05, 4.69) is 80.6 Å². The fourth-order valence-electron chi connectivity index (χ4n) is 3.38. The highest BCUT2D eigenvalue weighted by Crippen LogP contribution is 2.34. The topological polar surface area (TPSA) is 0 Å². The van der Waals surface area contributed by atoms with Crippen LogP contribution in [0.15, 0.2) is 72.3 Å². The number of hydrogen-bond acceptors (Lipinski definition) is 0. The predicted octanol–water partition coefficient (Wildman–Crippen LogP) is 6.16. The van der Waals surface area contributed by atoms with Gasteiger partial charge in [0, 0.05) is 5.92 Å². The Labute approximate surface area is 134 Å². The molecule has 1 atom stereocenters. The van der Waals surface area contributed by atoms with Gasteiger partial charge in [0.05, 0.1) is 0 Å². The summed E-state index contributed by atoms with van der Waals surface area (Å²) in [4.78, 5) is 0. The summed E-state index contributed by atoms with van der Waals surface area (Å²) in [7, 11) is 0. The highest BCUT2D eigenvalue weighted by atomic mass is 14.2. The van der Waals surface area contributed by atoms with Gasteiger partial charge in [0.15, 0.2) is 0 Å². The second-order valence-corrected chi connectivity index (χ2v) is 6.08. The zero-order chi connectivity index (χ0) is 15.4. The number of benzene rings is 2. The van der Waals surface area contributed by atoms with Crippen LogP contribution in [0.1, 0.15) is 49.3 Å². The van der Waals surface area contributed by atoms with E-state index in [0.29, 0.717) is 5.92 Å². The first-order valence-corrected chi connectivity index (χ1v) is 8.30. The molecule has 1 aliphatic rings. The molecule has 0 nitrogen and oxygen atoms in total. The van der Waals surface area contributed by atoms with Crippen LogP contribution in [0.25, 0.3) is 5.57 Å². The second-order valence-electron chi connectivity index (χ2n) is 6.08. The minimum absolute atomic E-state index is 0.569. The van der Waals surface area contributed by atoms with Gasteiger partial charge in [-0.05, 0) is 54.0 Å². The van der Waals surface area contributed by atoms with E-state index in [9.17, 15) is 0 Å². The molecular weight excluding hydrogens is 264 g/mol. The molecule has 0 radical (unpaired) electrons. The van der Waals surface area contributed by atoms with Crippen molar-refractivity contribution in [3.8, 4) is 0 Å². The van der Waals surface area contributed by atoms with Gasteiger partial charge in [-0.15, -0.1) is 0 Å². The molecule has 0 saturated carbocycles. The summed E-state index contributed by atoms with van der Waals surface area (Å²) < 4.78 is 0. The lowest BCUT2D eigenvalue weighted by Crippen LogP contribution is -2.02. The number of rotatable bonds is 3. The fraction of sp³-hybridized carbons (Fsp3) is 0.273. The van der Waals surface area contributed by atoms with Crippen LogP contribution in [0.2, 0.25) is 0 Å². The van der Waals surface area contributed by atoms with Gasteiger partial charge in [0.25, 0.3) is 0 Å². The molecule has 3 rings (SSSR count). The van der Waals surface area contributed by atoms with Gasteiger partial charge in [0.1, 0.15) is 0 Å². The van der Waals surface area contributed by atoms with Crippen molar-refractivity contribution in [1.29, 1.82) is 0 Å². The van der Waals surface area contributed by atoms with E-state index in [4.69, 9.17) is 0 Å². The molecule has 0 heteroatoms. The second kappa shape index (κ2) is 6.79. The lowest BCUT2D eigenvalue weighted by molar-refractivity contribution is 0.717. The lowest BCUT2D eigenvalue weighted by atomic mass is 9.84. The number of allylic oxidation sites excluding steroid dienone is 4. The van der Waals surface area contributed by atoms with Crippen LogP contribution in [0, 0.1) is 0 Å². The van der Waals surface area contributed by atoms with Gasteiger partial charge in [-0.25, -0.2) is 0 Å². The molecule has 2 aromatic carbocycles. The zero-order valence-electron chi connectivity index (χ0n) is 13.5. The Morgan fingerprint density at radius 2 is 1.73 bits per heavy atom. The van der Waals surface area contributed by atoms with Gasteiger partial charge in [0.2, 0.25) is 0 Å². The molecule has 0 aliphatic heterocycles. The Balaban J connectivity index is 1.87. The summed E-state index contributed by atoms with van der Waals surface area (Å²) in [6.07, 6.45) is 8.20. The first kappa shape index (κ1) is 14.8. The molecule has 112 valence electrons. The van der Waals surface area contributed by atoms with E-state index < -0.39 is 0 Å². The van der Waals surface area contributed by atoms with Gasteiger partial charge < -0.3 is 0 Å². The summed E-state index contributed by atoms with van der Waals surface area (Å²) in [5.74, 6) is 0.569. The van der Waals surface area contributed by atoms with E-state index in [1.165, 1.54) is 40.7 Å². The summed E-state index contributed by atoms with van der Waals surface area (Å²) in [5.41, 5.74) is 7.24. The van der Waals surface area contributed by atoms with E-state index in [1.54, 1.807) is 0 Å². The molecule has 2 aromatic rings. The molecule has 0 N–H and O–H groups in total. The van der Waals surface area contributed by atoms with Gasteiger partial charge >= 0.3 is 0 Å². The van der Waals surface area contributed by atoms with Crippen LogP contribution >= 0.6 is 0 Å². The molecule has 0 aromatic heterocycles. The molecule has 0 heterocycles. The summed E-state index contributed by atoms with van der Waals surface area (Å²) in [5, 5.41) is 0. The largest absolute Gasteiger partial charge is 0.0767 e. The first-order chi connectivity index (χ1) is 10.8. The minimum atomic E-state index is 0.569. The first-order valence-electron chi connectivity index (χ1n) is 8.30. The van der Waals surface area contributed by atoms with Crippen LogP contribution < -0.4 is 0 Å². The molecule has 0 fully saturated rings. The van der Waals surface area contributed by atoms with Crippen molar-refractivity contribution in [2.24, 2.45) is 0 Å². The zero-order valence-corrected chi connectivity index (χ0v) is 13.5. The maximum atomic E-state index is 2.38. The maximum absolute atomic E-state index is 2.38. The van der Waals surface area contributed by atoms with Crippen LogP contribution in [-0.2, 0) is 6.42 Å². The van der Waals surface area contributed by atoms with Crippen molar-refractivity contribution in [2.45, 2.75) is 39.0 Å². The van der Waals surface area contributed by atoms with Crippen molar-refractivity contribution >= 4 is 5.57 Å². The minimum Gasteiger partial charge on any atom is -0.0767 e. The number of aryl methyl sites for hydroxylation is 1. The Bertz CT molecular complexity index is 689. The Morgan fingerprint density at radius 1 is 1.00 bits per heavy atom. The Hall–Kier alpha value is -2.08. The van der Waals surface area contributed by atoms with Crippen molar-refractivity contribution in [1.82, 2.24) is 0 Å². The monoisotopic (exact) mass is 288 g/mol. The van der Waals surface area contributed by atoms with Crippen LogP contribution in [0.3, 0.4) is 0 Å². The van der Waals surface area contributed by atoms with Gasteiger partial charge in [-0.3, -0.25) is 0 Å². The molecule has 0 spiro atoms. The Kier molecular flexibility index (Phi) is 4.58. The quantitative estimate of drug-likeness (QED) is 0.635. The fourth-order valence-corrected chi connectivity index (χ4v) is 3.38. The SMILES string of the molecule is CCc1ccccc1/C(C)=C1/C=CC(c2ccccc2)CC1. The molecule has 0 saturated heterocycles. The number of hydrogen-bond donors (Lipinski definition) is 0. The molecule has 22 heavy (non-hydrogen) atoms. The highest BCUT2D eigenvalue weighted by molar-refractivity contribution is 5.72. The molecule has 0 bridgehead atoms. The van der Waals surface area contributed by atoms with Crippen molar-refractivity contribution in [3.63, 3.8) is 0 Å². The molecule has 1 unspecified atom stereocenters. The third kappa shape index (κ3) is 3.06.